The number of hydrogen-bond acceptors (Lipinski definition) is 3. The van der Waals surface area contributed by atoms with Gasteiger partial charge in [-0.25, -0.2) is 0 Å². The van der Waals surface area contributed by atoms with E-state index in [9.17, 15) is 0 Å². The maximum atomic E-state index is 6.16. The third-order valence-corrected chi connectivity index (χ3v) is 3.91. The summed E-state index contributed by atoms with van der Waals surface area (Å²) in [6.45, 7) is 3.00. The second-order valence-electron chi connectivity index (χ2n) is 5.20. The molecule has 0 aliphatic carbocycles. The highest BCUT2D eigenvalue weighted by molar-refractivity contribution is 4.91. The summed E-state index contributed by atoms with van der Waals surface area (Å²) >= 11 is 0. The van der Waals surface area contributed by atoms with Gasteiger partial charge in [0, 0.05) is 25.7 Å². The first-order chi connectivity index (χ1) is 7.22. The average Bonchev–Trinajstić information content (AvgIpc) is 2.77. The first-order valence-electron chi connectivity index (χ1n) is 6.24. The Kier molecular flexibility index (Phi) is 2.31. The molecule has 0 saturated carbocycles. The molecule has 0 aromatic rings. The van der Waals surface area contributed by atoms with E-state index < -0.39 is 0 Å². The molecule has 3 atom stereocenters. The minimum absolute atomic E-state index is 0.281. The molecule has 0 aromatic heterocycles. The number of ether oxygens (including phenoxy) is 3. The lowest BCUT2D eigenvalue weighted by atomic mass is 9.99. The Bertz CT molecular complexity index is 247. The van der Waals surface area contributed by atoms with Crippen molar-refractivity contribution in [2.45, 2.75) is 69.5 Å². The number of hydrogen-bond donors (Lipinski definition) is 0. The summed E-state index contributed by atoms with van der Waals surface area (Å²) < 4.78 is 17.9. The van der Waals surface area contributed by atoms with Crippen LogP contribution in [-0.4, -0.2) is 24.3 Å². The van der Waals surface area contributed by atoms with Crippen LogP contribution in [0.3, 0.4) is 0 Å². The predicted molar refractivity (Wildman–Crippen MR) is 55.4 cm³/mol. The Hall–Kier alpha value is -0.120. The first-order valence-corrected chi connectivity index (χ1v) is 6.24. The monoisotopic (exact) mass is 212 g/mol. The van der Waals surface area contributed by atoms with Gasteiger partial charge >= 0.3 is 0 Å². The van der Waals surface area contributed by atoms with Crippen molar-refractivity contribution in [1.82, 2.24) is 0 Å². The Morgan fingerprint density at radius 1 is 1.00 bits per heavy atom. The number of rotatable bonds is 0. The largest absolute Gasteiger partial charge is 0.350 e. The van der Waals surface area contributed by atoms with E-state index in [0.717, 1.165) is 38.7 Å². The van der Waals surface area contributed by atoms with Crippen molar-refractivity contribution in [2.75, 3.05) is 6.61 Å². The van der Waals surface area contributed by atoms with Crippen molar-refractivity contribution in [3.8, 4) is 0 Å². The summed E-state index contributed by atoms with van der Waals surface area (Å²) in [6, 6.07) is 0. The van der Waals surface area contributed by atoms with Crippen LogP contribution in [-0.2, 0) is 14.2 Å². The normalized spacial score (nSPS) is 50.6. The van der Waals surface area contributed by atoms with Crippen LogP contribution in [0, 0.1) is 0 Å². The molecule has 0 amide bonds. The highest BCUT2D eigenvalue weighted by Gasteiger charge is 2.53. The fourth-order valence-electron chi connectivity index (χ4n) is 3.17. The van der Waals surface area contributed by atoms with Crippen LogP contribution in [0.25, 0.3) is 0 Å². The van der Waals surface area contributed by atoms with Crippen molar-refractivity contribution in [3.63, 3.8) is 0 Å². The predicted octanol–water partition coefficient (Wildman–Crippen LogP) is 2.59. The molecular formula is C12H20O3. The Morgan fingerprint density at radius 2 is 1.80 bits per heavy atom. The Balaban J connectivity index is 1.73. The molecule has 0 radical (unpaired) electrons. The van der Waals surface area contributed by atoms with Crippen molar-refractivity contribution >= 4 is 0 Å². The Morgan fingerprint density at radius 3 is 2.53 bits per heavy atom. The molecule has 3 rings (SSSR count). The lowest BCUT2D eigenvalue weighted by molar-refractivity contribution is -0.329. The van der Waals surface area contributed by atoms with Gasteiger partial charge in [0.05, 0.1) is 12.7 Å². The van der Waals surface area contributed by atoms with Gasteiger partial charge in [0.1, 0.15) is 0 Å². The van der Waals surface area contributed by atoms with Crippen LogP contribution in [0.15, 0.2) is 0 Å². The molecule has 86 valence electrons. The molecule has 3 aliphatic rings. The van der Waals surface area contributed by atoms with Gasteiger partial charge in [-0.05, 0) is 26.2 Å². The molecule has 3 saturated heterocycles. The molecule has 0 aromatic carbocycles. The molecule has 0 N–H and O–H groups in total. The van der Waals surface area contributed by atoms with Gasteiger partial charge < -0.3 is 14.2 Å². The van der Waals surface area contributed by atoms with Gasteiger partial charge in [0.25, 0.3) is 0 Å². The van der Waals surface area contributed by atoms with Crippen molar-refractivity contribution in [2.24, 2.45) is 0 Å². The van der Waals surface area contributed by atoms with Crippen LogP contribution in [0.1, 0.15) is 51.9 Å². The first kappa shape index (κ1) is 10.1. The molecule has 15 heavy (non-hydrogen) atoms. The molecular weight excluding hydrogens is 192 g/mol. The van der Waals surface area contributed by atoms with Gasteiger partial charge in [-0.2, -0.15) is 0 Å². The van der Waals surface area contributed by atoms with E-state index in [1.165, 1.54) is 12.8 Å². The van der Waals surface area contributed by atoms with E-state index in [4.69, 9.17) is 14.2 Å². The summed E-state index contributed by atoms with van der Waals surface area (Å²) in [5, 5.41) is 0. The zero-order valence-corrected chi connectivity index (χ0v) is 9.46. The zero-order chi connectivity index (χ0) is 10.4. The van der Waals surface area contributed by atoms with Crippen LogP contribution in [0.4, 0.5) is 0 Å². The van der Waals surface area contributed by atoms with E-state index in [0.29, 0.717) is 6.10 Å². The molecule has 3 heterocycles. The smallest absolute Gasteiger partial charge is 0.172 e. The van der Waals surface area contributed by atoms with Crippen molar-refractivity contribution in [1.29, 1.82) is 0 Å². The second kappa shape index (κ2) is 3.44. The van der Waals surface area contributed by atoms with Gasteiger partial charge in [-0.3, -0.25) is 0 Å². The SMILES string of the molecule is C[C@H]1CCC[C@@]2(CC[C@]3(CCCO3)O2)O1. The molecule has 0 bridgehead atoms. The maximum Gasteiger partial charge on any atom is 0.172 e. The Labute approximate surface area is 91.1 Å². The van der Waals surface area contributed by atoms with Crippen molar-refractivity contribution in [3.05, 3.63) is 0 Å². The summed E-state index contributed by atoms with van der Waals surface area (Å²) in [7, 11) is 0. The lowest BCUT2D eigenvalue weighted by Gasteiger charge is -2.38. The van der Waals surface area contributed by atoms with E-state index in [-0.39, 0.29) is 11.6 Å². The maximum absolute atomic E-state index is 6.16. The standard InChI is InChI=1S/C12H20O3/c1-10-4-2-5-12(14-10)8-7-11(15-12)6-3-9-13-11/h10H,2-9H2,1H3/t10-,11-,12+/m0/s1. The lowest BCUT2D eigenvalue weighted by Crippen LogP contribution is -2.42. The van der Waals surface area contributed by atoms with Crippen LogP contribution >= 0.6 is 0 Å². The minimum Gasteiger partial charge on any atom is -0.350 e. The highest BCUT2D eigenvalue weighted by Crippen LogP contribution is 2.49. The van der Waals surface area contributed by atoms with Crippen molar-refractivity contribution < 1.29 is 14.2 Å². The van der Waals surface area contributed by atoms with Gasteiger partial charge in [0.2, 0.25) is 0 Å². The second-order valence-corrected chi connectivity index (χ2v) is 5.20. The third kappa shape index (κ3) is 1.71. The van der Waals surface area contributed by atoms with Crippen LogP contribution < -0.4 is 0 Å². The van der Waals surface area contributed by atoms with Crippen LogP contribution in [0.2, 0.25) is 0 Å². The zero-order valence-electron chi connectivity index (χ0n) is 9.46. The average molecular weight is 212 g/mol. The summed E-state index contributed by atoms with van der Waals surface area (Å²) in [4.78, 5) is 0. The molecule has 3 aliphatic heterocycles. The van der Waals surface area contributed by atoms with Gasteiger partial charge in [-0.15, -0.1) is 0 Å². The van der Waals surface area contributed by atoms with Crippen LogP contribution in [0.5, 0.6) is 0 Å². The summed E-state index contributed by atoms with van der Waals surface area (Å²) in [6.07, 6.45) is 7.98. The highest BCUT2D eigenvalue weighted by atomic mass is 16.8. The van der Waals surface area contributed by atoms with E-state index in [2.05, 4.69) is 6.92 Å². The fraction of sp³-hybridized carbons (Fsp3) is 1.00. The summed E-state index contributed by atoms with van der Waals surface area (Å²) in [5.74, 6) is -0.584. The van der Waals surface area contributed by atoms with Gasteiger partial charge in [-0.1, -0.05) is 0 Å². The quantitative estimate of drug-likeness (QED) is 0.617. The minimum atomic E-state index is -0.304. The van der Waals surface area contributed by atoms with E-state index >= 15 is 0 Å². The topological polar surface area (TPSA) is 27.7 Å². The molecule has 2 spiro atoms. The molecule has 0 unspecified atom stereocenters. The molecule has 3 fully saturated rings. The van der Waals surface area contributed by atoms with Gasteiger partial charge in [0.15, 0.2) is 11.6 Å². The fourth-order valence-corrected chi connectivity index (χ4v) is 3.17. The van der Waals surface area contributed by atoms with E-state index in [1.54, 1.807) is 0 Å². The molecule has 3 nitrogen and oxygen atoms in total. The summed E-state index contributed by atoms with van der Waals surface area (Å²) in [5.41, 5.74) is 0. The third-order valence-electron chi connectivity index (χ3n) is 3.91. The van der Waals surface area contributed by atoms with E-state index in [1.807, 2.05) is 0 Å². The molecule has 3 heteroatoms.